The van der Waals surface area contributed by atoms with Gasteiger partial charge in [-0.1, -0.05) is 29.3 Å². The van der Waals surface area contributed by atoms with Crippen LogP contribution in [0.5, 0.6) is 11.5 Å². The highest BCUT2D eigenvalue weighted by atomic mass is 127. The smallest absolute Gasteiger partial charge is 0.332 e. The predicted octanol–water partition coefficient (Wildman–Crippen LogP) is 4.58. The number of halogens is 3. The second kappa shape index (κ2) is 9.84. The van der Waals surface area contributed by atoms with Gasteiger partial charge >= 0.3 is 6.03 Å². The summed E-state index contributed by atoms with van der Waals surface area (Å²) in [6.07, 6.45) is 1.47. The van der Waals surface area contributed by atoms with E-state index in [2.05, 4.69) is 33.1 Å². The van der Waals surface area contributed by atoms with Gasteiger partial charge in [-0.2, -0.15) is 5.10 Å². The molecule has 9 heteroatoms. The topological polar surface area (TPSA) is 85.9 Å². The normalized spacial score (nSPS) is 10.8. The van der Waals surface area contributed by atoms with Crippen LogP contribution in [0.25, 0.3) is 0 Å². The van der Waals surface area contributed by atoms with Crippen molar-refractivity contribution in [3.8, 4) is 11.5 Å². The van der Waals surface area contributed by atoms with Gasteiger partial charge in [0.2, 0.25) is 0 Å². The van der Waals surface area contributed by atoms with Gasteiger partial charge in [-0.3, -0.25) is 0 Å². The molecule has 0 aliphatic carbocycles. The van der Waals surface area contributed by atoms with Crippen LogP contribution in [0.4, 0.5) is 4.79 Å². The molecule has 2 aromatic rings. The Morgan fingerprint density at radius 1 is 1.31 bits per heavy atom. The molecule has 26 heavy (non-hydrogen) atoms. The lowest BCUT2D eigenvalue weighted by Crippen LogP contribution is -2.24. The molecule has 0 aliphatic rings. The maximum absolute atomic E-state index is 10.7. The van der Waals surface area contributed by atoms with E-state index in [0.717, 1.165) is 14.7 Å². The summed E-state index contributed by atoms with van der Waals surface area (Å²) in [5, 5.41) is 4.85. The number of nitrogens with one attached hydrogen (secondary N) is 1. The van der Waals surface area contributed by atoms with Gasteiger partial charge in [-0.05, 0) is 59.3 Å². The quantitative estimate of drug-likeness (QED) is 0.327. The average Bonchev–Trinajstić information content (AvgIpc) is 2.55. The third-order valence-electron chi connectivity index (χ3n) is 3.11. The lowest BCUT2D eigenvalue weighted by Gasteiger charge is -2.15. The van der Waals surface area contributed by atoms with Crippen LogP contribution in [0, 0.1) is 3.57 Å². The Bertz CT molecular complexity index is 831. The first-order valence-corrected chi connectivity index (χ1v) is 9.35. The molecule has 0 radical (unpaired) electrons. The summed E-state index contributed by atoms with van der Waals surface area (Å²) in [5.41, 5.74) is 8.66. The Morgan fingerprint density at radius 3 is 2.73 bits per heavy atom. The molecule has 0 atom stereocenters. The highest BCUT2D eigenvalue weighted by Crippen LogP contribution is 2.35. The monoisotopic (exact) mass is 507 g/mol. The Hall–Kier alpha value is -1.71. The van der Waals surface area contributed by atoms with E-state index >= 15 is 0 Å². The van der Waals surface area contributed by atoms with Gasteiger partial charge in [0.05, 0.1) is 16.4 Å². The number of amides is 2. The molecule has 0 saturated carbocycles. The van der Waals surface area contributed by atoms with Crippen molar-refractivity contribution in [2.45, 2.75) is 13.5 Å². The number of primary amides is 1. The standard InChI is InChI=1S/C17H16Cl2IN3O3/c1-2-25-15-6-10(8-22-23-17(21)24)5-14(20)16(15)26-9-11-3-4-12(18)7-13(11)19/h3-8H,2,9H2,1H3,(H3,21,23,24)/b22-8-. The van der Waals surface area contributed by atoms with Gasteiger partial charge in [0.25, 0.3) is 0 Å². The summed E-state index contributed by atoms with van der Waals surface area (Å²) >= 11 is 14.2. The van der Waals surface area contributed by atoms with E-state index in [-0.39, 0.29) is 6.61 Å². The molecule has 0 bridgehead atoms. The zero-order chi connectivity index (χ0) is 19.1. The van der Waals surface area contributed by atoms with Crippen LogP contribution in [0.1, 0.15) is 18.1 Å². The molecule has 3 N–H and O–H groups in total. The van der Waals surface area contributed by atoms with Crippen molar-refractivity contribution in [1.29, 1.82) is 0 Å². The number of urea groups is 1. The van der Waals surface area contributed by atoms with E-state index in [1.807, 2.05) is 19.1 Å². The van der Waals surface area contributed by atoms with Gasteiger partial charge in [0, 0.05) is 15.6 Å². The number of rotatable bonds is 7. The second-order valence-corrected chi connectivity index (χ2v) is 7.03. The van der Waals surface area contributed by atoms with E-state index < -0.39 is 6.03 Å². The van der Waals surface area contributed by atoms with Crippen LogP contribution in [0.2, 0.25) is 10.0 Å². The number of ether oxygens (including phenoxy) is 2. The minimum Gasteiger partial charge on any atom is -0.490 e. The maximum atomic E-state index is 10.7. The molecular formula is C17H16Cl2IN3O3. The Morgan fingerprint density at radius 2 is 2.08 bits per heavy atom. The molecule has 0 heterocycles. The summed E-state index contributed by atoms with van der Waals surface area (Å²) in [6, 6.07) is 8.10. The number of nitrogens with two attached hydrogens (primary N) is 1. The lowest BCUT2D eigenvalue weighted by molar-refractivity contribution is 0.249. The highest BCUT2D eigenvalue weighted by molar-refractivity contribution is 14.1. The van der Waals surface area contributed by atoms with E-state index in [0.29, 0.717) is 28.2 Å². The van der Waals surface area contributed by atoms with Crippen molar-refractivity contribution in [2.24, 2.45) is 10.8 Å². The van der Waals surface area contributed by atoms with Gasteiger partial charge in [-0.15, -0.1) is 0 Å². The third-order valence-corrected chi connectivity index (χ3v) is 4.50. The molecule has 0 unspecified atom stereocenters. The Kier molecular flexibility index (Phi) is 7.80. The van der Waals surface area contributed by atoms with E-state index in [9.17, 15) is 4.79 Å². The Labute approximate surface area is 174 Å². The van der Waals surface area contributed by atoms with Gasteiger partial charge in [-0.25, -0.2) is 10.2 Å². The summed E-state index contributed by atoms with van der Waals surface area (Å²) in [7, 11) is 0. The number of benzene rings is 2. The fourth-order valence-corrected chi connectivity index (χ4v) is 3.27. The second-order valence-electron chi connectivity index (χ2n) is 5.02. The first-order valence-electron chi connectivity index (χ1n) is 7.52. The molecule has 138 valence electrons. The third kappa shape index (κ3) is 5.93. The van der Waals surface area contributed by atoms with Crippen LogP contribution in [-0.4, -0.2) is 18.9 Å². The summed E-state index contributed by atoms with van der Waals surface area (Å²) < 4.78 is 12.4. The SMILES string of the molecule is CCOc1cc(/C=N\NC(N)=O)cc(I)c1OCc1ccc(Cl)cc1Cl. The van der Waals surface area contributed by atoms with Crippen LogP contribution in [0.15, 0.2) is 35.4 Å². The first-order chi connectivity index (χ1) is 12.4. The molecule has 0 aliphatic heterocycles. The zero-order valence-electron chi connectivity index (χ0n) is 13.8. The van der Waals surface area contributed by atoms with Crippen molar-refractivity contribution < 1.29 is 14.3 Å². The van der Waals surface area contributed by atoms with Crippen molar-refractivity contribution in [3.63, 3.8) is 0 Å². The number of carbonyl (C=O) groups excluding carboxylic acids is 1. The van der Waals surface area contributed by atoms with E-state index in [1.165, 1.54) is 6.21 Å². The lowest BCUT2D eigenvalue weighted by atomic mass is 10.2. The molecule has 0 spiro atoms. The largest absolute Gasteiger partial charge is 0.490 e. The summed E-state index contributed by atoms with van der Waals surface area (Å²) in [4.78, 5) is 10.7. The van der Waals surface area contributed by atoms with Crippen molar-refractivity contribution in [1.82, 2.24) is 5.43 Å². The first kappa shape index (κ1) is 20.6. The molecule has 0 aromatic heterocycles. The molecule has 2 rings (SSSR count). The average molecular weight is 508 g/mol. The van der Waals surface area contributed by atoms with Crippen molar-refractivity contribution in [3.05, 3.63) is 55.1 Å². The van der Waals surface area contributed by atoms with Crippen LogP contribution in [-0.2, 0) is 6.61 Å². The fraction of sp³-hybridized carbons (Fsp3) is 0.176. The van der Waals surface area contributed by atoms with E-state index in [1.54, 1.807) is 18.2 Å². The van der Waals surface area contributed by atoms with Crippen LogP contribution in [0.3, 0.4) is 0 Å². The molecule has 2 aromatic carbocycles. The minimum atomic E-state index is -0.735. The molecule has 6 nitrogen and oxygen atoms in total. The number of nitrogens with zero attached hydrogens (tertiary/aromatic N) is 1. The number of hydrogen-bond acceptors (Lipinski definition) is 4. The van der Waals surface area contributed by atoms with Crippen molar-refractivity contribution in [2.75, 3.05) is 6.61 Å². The number of hydrazone groups is 1. The van der Waals surface area contributed by atoms with Crippen LogP contribution < -0.4 is 20.6 Å². The molecular weight excluding hydrogens is 492 g/mol. The van der Waals surface area contributed by atoms with Crippen molar-refractivity contribution >= 4 is 58.0 Å². The molecule has 0 fully saturated rings. The Balaban J connectivity index is 2.23. The predicted molar refractivity (Wildman–Crippen MR) is 111 cm³/mol. The fourth-order valence-electron chi connectivity index (χ4n) is 2.02. The number of hydrogen-bond donors (Lipinski definition) is 2. The van der Waals surface area contributed by atoms with E-state index in [4.69, 9.17) is 38.4 Å². The van der Waals surface area contributed by atoms with Gasteiger partial charge < -0.3 is 15.2 Å². The number of carbonyl (C=O) groups is 1. The highest BCUT2D eigenvalue weighted by Gasteiger charge is 2.13. The van der Waals surface area contributed by atoms with Crippen LogP contribution >= 0.6 is 45.8 Å². The molecule has 2 amide bonds. The van der Waals surface area contributed by atoms with Gasteiger partial charge in [0.1, 0.15) is 6.61 Å². The summed E-state index contributed by atoms with van der Waals surface area (Å²) in [6.45, 7) is 2.61. The zero-order valence-corrected chi connectivity index (χ0v) is 17.4. The maximum Gasteiger partial charge on any atom is 0.332 e. The summed E-state index contributed by atoms with van der Waals surface area (Å²) in [5.74, 6) is 1.16. The van der Waals surface area contributed by atoms with Gasteiger partial charge in [0.15, 0.2) is 11.5 Å². The minimum absolute atomic E-state index is 0.267. The molecule has 0 saturated heterocycles.